The van der Waals surface area contributed by atoms with E-state index in [2.05, 4.69) is 20.3 Å². The van der Waals surface area contributed by atoms with Crippen molar-refractivity contribution in [3.05, 3.63) is 36.9 Å². The topological polar surface area (TPSA) is 105 Å². The van der Waals surface area contributed by atoms with Crippen molar-refractivity contribution in [2.45, 2.75) is 18.9 Å². The van der Waals surface area contributed by atoms with Crippen molar-refractivity contribution in [2.75, 3.05) is 25.5 Å². The van der Waals surface area contributed by atoms with E-state index in [1.54, 1.807) is 25.7 Å². The van der Waals surface area contributed by atoms with Crippen LogP contribution in [0.4, 0.5) is 10.6 Å². The summed E-state index contributed by atoms with van der Waals surface area (Å²) < 4.78 is 7.19. The lowest BCUT2D eigenvalue weighted by Gasteiger charge is -2.31. The van der Waals surface area contributed by atoms with Crippen LogP contribution in [0.3, 0.4) is 0 Å². The number of fused-ring (bicyclic) bond motifs is 1. The highest BCUT2D eigenvalue weighted by Gasteiger charge is 2.23. The summed E-state index contributed by atoms with van der Waals surface area (Å²) in [6, 6.07) is 3.75. The van der Waals surface area contributed by atoms with E-state index < -0.39 is 6.09 Å². The molecule has 1 fully saturated rings. The average molecular weight is 368 g/mol. The van der Waals surface area contributed by atoms with Crippen LogP contribution in [0.5, 0.6) is 5.75 Å². The maximum Gasteiger partial charge on any atom is 0.407 e. The zero-order valence-electron chi connectivity index (χ0n) is 14.9. The molecule has 4 heterocycles. The highest BCUT2D eigenvalue weighted by molar-refractivity contribution is 5.65. The lowest BCUT2D eigenvalue weighted by atomic mass is 10.1. The predicted molar refractivity (Wildman–Crippen MR) is 99.0 cm³/mol. The fourth-order valence-electron chi connectivity index (χ4n) is 3.31. The van der Waals surface area contributed by atoms with Gasteiger partial charge >= 0.3 is 6.09 Å². The number of carboxylic acid groups (broad SMARTS) is 1. The predicted octanol–water partition coefficient (Wildman–Crippen LogP) is 2.35. The quantitative estimate of drug-likeness (QED) is 0.728. The molecule has 140 valence electrons. The van der Waals surface area contributed by atoms with Crippen LogP contribution in [0, 0.1) is 0 Å². The zero-order valence-corrected chi connectivity index (χ0v) is 14.9. The van der Waals surface area contributed by atoms with Gasteiger partial charge in [-0.3, -0.25) is 9.38 Å². The normalized spacial score (nSPS) is 17.1. The fraction of sp³-hybridized carbons (Fsp3) is 0.333. The third-order valence-electron chi connectivity index (χ3n) is 4.66. The molecular formula is C18H20N6O3. The largest absolute Gasteiger partial charge is 0.495 e. The van der Waals surface area contributed by atoms with Gasteiger partial charge in [0, 0.05) is 19.1 Å². The molecule has 2 N–H and O–H groups in total. The monoisotopic (exact) mass is 368 g/mol. The van der Waals surface area contributed by atoms with Gasteiger partial charge in [0.05, 0.1) is 37.6 Å². The molecule has 0 spiro atoms. The Balaban J connectivity index is 1.59. The number of hydrogen-bond donors (Lipinski definition) is 2. The van der Waals surface area contributed by atoms with Crippen molar-refractivity contribution in [3.8, 4) is 17.1 Å². The van der Waals surface area contributed by atoms with E-state index in [9.17, 15) is 9.90 Å². The molecule has 9 heteroatoms. The highest BCUT2D eigenvalue weighted by Crippen LogP contribution is 2.23. The van der Waals surface area contributed by atoms with Gasteiger partial charge < -0.3 is 20.1 Å². The number of aromatic nitrogens is 4. The van der Waals surface area contributed by atoms with Crippen LogP contribution in [-0.2, 0) is 0 Å². The lowest BCUT2D eigenvalue weighted by molar-refractivity contribution is 0.133. The number of piperidine rings is 1. The van der Waals surface area contributed by atoms with Crippen molar-refractivity contribution in [2.24, 2.45) is 0 Å². The Bertz CT molecular complexity index is 973. The number of amides is 1. The Morgan fingerprint density at radius 3 is 3.04 bits per heavy atom. The van der Waals surface area contributed by atoms with Crippen LogP contribution >= 0.6 is 0 Å². The summed E-state index contributed by atoms with van der Waals surface area (Å²) in [5, 5.41) is 12.5. The molecule has 4 rings (SSSR count). The summed E-state index contributed by atoms with van der Waals surface area (Å²) >= 11 is 0. The summed E-state index contributed by atoms with van der Waals surface area (Å²) in [4.78, 5) is 25.9. The number of carbonyl (C=O) groups is 1. The van der Waals surface area contributed by atoms with Crippen LogP contribution in [0.1, 0.15) is 12.8 Å². The Labute approximate surface area is 155 Å². The van der Waals surface area contributed by atoms with Crippen molar-refractivity contribution in [1.82, 2.24) is 24.3 Å². The minimum absolute atomic E-state index is 0.0154. The van der Waals surface area contributed by atoms with Crippen LogP contribution in [-0.4, -0.2) is 61.7 Å². The molecule has 1 amide bonds. The second-order valence-electron chi connectivity index (χ2n) is 6.44. The van der Waals surface area contributed by atoms with Gasteiger partial charge in [-0.25, -0.2) is 14.8 Å². The standard InChI is InChI=1S/C18H20N6O3/c1-27-13-4-5-17-20-8-15(24(17)11-13)14-7-19-9-16(22-14)21-12-3-2-6-23(10-12)18(25)26/h4-5,7-9,11-12H,2-3,6,10H2,1H3,(H,21,22)(H,25,26)/t12-/m1/s1. The van der Waals surface area contributed by atoms with Gasteiger partial charge in [-0.1, -0.05) is 0 Å². The molecule has 1 aliphatic heterocycles. The molecule has 9 nitrogen and oxygen atoms in total. The number of ether oxygens (including phenoxy) is 1. The first-order chi connectivity index (χ1) is 13.1. The number of anilines is 1. The van der Waals surface area contributed by atoms with Gasteiger partial charge in [-0.2, -0.15) is 0 Å². The van der Waals surface area contributed by atoms with Crippen molar-refractivity contribution in [1.29, 1.82) is 0 Å². The van der Waals surface area contributed by atoms with Gasteiger partial charge in [0.25, 0.3) is 0 Å². The van der Waals surface area contributed by atoms with Gasteiger partial charge in [0.15, 0.2) is 0 Å². The molecule has 3 aromatic rings. The maximum atomic E-state index is 11.2. The first kappa shape index (κ1) is 17.1. The number of methoxy groups -OCH3 is 1. The van der Waals surface area contributed by atoms with Crippen molar-refractivity contribution in [3.63, 3.8) is 0 Å². The minimum atomic E-state index is -0.888. The number of nitrogens with zero attached hydrogens (tertiary/aromatic N) is 5. The van der Waals surface area contributed by atoms with Gasteiger partial charge in [0.1, 0.15) is 22.9 Å². The molecule has 0 radical (unpaired) electrons. The van der Waals surface area contributed by atoms with Crippen molar-refractivity contribution < 1.29 is 14.6 Å². The van der Waals surface area contributed by atoms with Gasteiger partial charge in [-0.05, 0) is 25.0 Å². The second kappa shape index (κ2) is 7.10. The minimum Gasteiger partial charge on any atom is -0.495 e. The smallest absolute Gasteiger partial charge is 0.407 e. The maximum absolute atomic E-state index is 11.2. The number of hydrogen-bond acceptors (Lipinski definition) is 6. The Morgan fingerprint density at radius 1 is 1.33 bits per heavy atom. The fourth-order valence-corrected chi connectivity index (χ4v) is 3.31. The van der Waals surface area contributed by atoms with E-state index in [1.807, 2.05) is 22.7 Å². The van der Waals surface area contributed by atoms with Crippen LogP contribution in [0.25, 0.3) is 17.0 Å². The number of rotatable bonds is 4. The van der Waals surface area contributed by atoms with E-state index in [4.69, 9.17) is 4.74 Å². The molecule has 0 bridgehead atoms. The third kappa shape index (κ3) is 3.48. The van der Waals surface area contributed by atoms with E-state index in [-0.39, 0.29) is 6.04 Å². The summed E-state index contributed by atoms with van der Waals surface area (Å²) in [5.41, 5.74) is 2.26. The molecule has 0 aromatic carbocycles. The first-order valence-corrected chi connectivity index (χ1v) is 8.72. The molecule has 3 aromatic heterocycles. The number of likely N-dealkylation sites (tertiary alicyclic amines) is 1. The van der Waals surface area contributed by atoms with Crippen LogP contribution < -0.4 is 10.1 Å². The van der Waals surface area contributed by atoms with E-state index in [0.29, 0.717) is 24.6 Å². The second-order valence-corrected chi connectivity index (χ2v) is 6.44. The first-order valence-electron chi connectivity index (χ1n) is 8.72. The molecular weight excluding hydrogens is 348 g/mol. The Hall–Kier alpha value is -3.36. The Kier molecular flexibility index (Phi) is 4.49. The third-order valence-corrected chi connectivity index (χ3v) is 4.66. The highest BCUT2D eigenvalue weighted by atomic mass is 16.5. The zero-order chi connectivity index (χ0) is 18.8. The van der Waals surface area contributed by atoms with Crippen LogP contribution in [0.2, 0.25) is 0 Å². The molecule has 0 unspecified atom stereocenters. The molecule has 1 aliphatic rings. The molecule has 1 atom stereocenters. The Morgan fingerprint density at radius 2 is 2.22 bits per heavy atom. The summed E-state index contributed by atoms with van der Waals surface area (Å²) in [6.45, 7) is 1.01. The van der Waals surface area contributed by atoms with Gasteiger partial charge in [0.2, 0.25) is 0 Å². The number of pyridine rings is 1. The van der Waals surface area contributed by atoms with E-state index in [1.165, 1.54) is 4.90 Å². The lowest BCUT2D eigenvalue weighted by Crippen LogP contribution is -2.44. The number of imidazole rings is 1. The summed E-state index contributed by atoms with van der Waals surface area (Å²) in [6.07, 6.45) is 7.75. The molecule has 0 saturated carbocycles. The number of nitrogens with one attached hydrogen (secondary N) is 1. The summed E-state index contributed by atoms with van der Waals surface area (Å²) in [7, 11) is 1.62. The molecule has 27 heavy (non-hydrogen) atoms. The van der Waals surface area contributed by atoms with Crippen molar-refractivity contribution >= 4 is 17.6 Å². The van der Waals surface area contributed by atoms with E-state index >= 15 is 0 Å². The van der Waals surface area contributed by atoms with Crippen LogP contribution in [0.15, 0.2) is 36.9 Å². The SMILES string of the molecule is COc1ccc2ncc(-c3cncc(N[C@@H]4CCCN(C(=O)O)C4)n3)n2c1. The van der Waals surface area contributed by atoms with E-state index in [0.717, 1.165) is 29.9 Å². The average Bonchev–Trinajstić information content (AvgIpc) is 3.11. The molecule has 0 aliphatic carbocycles. The van der Waals surface area contributed by atoms with Gasteiger partial charge in [-0.15, -0.1) is 0 Å². The molecule has 1 saturated heterocycles. The summed E-state index contributed by atoms with van der Waals surface area (Å²) in [5.74, 6) is 1.34.